The molecule has 1 atom stereocenters. The predicted molar refractivity (Wildman–Crippen MR) is 105 cm³/mol. The first-order valence-corrected chi connectivity index (χ1v) is 9.44. The first-order valence-electron chi connectivity index (χ1n) is 9.44. The van der Waals surface area contributed by atoms with E-state index in [9.17, 15) is 31.5 Å². The van der Waals surface area contributed by atoms with Crippen molar-refractivity contribution in [3.05, 3.63) is 65.2 Å². The van der Waals surface area contributed by atoms with Crippen molar-refractivity contribution in [1.29, 1.82) is 0 Å². The van der Waals surface area contributed by atoms with E-state index >= 15 is 0 Å². The quantitative estimate of drug-likeness (QED) is 0.604. The molecule has 2 N–H and O–H groups in total. The number of carbonyl (C=O) groups excluding carboxylic acids is 2. The van der Waals surface area contributed by atoms with E-state index in [1.807, 2.05) is 0 Å². The fourth-order valence-corrected chi connectivity index (χ4v) is 2.93. The van der Waals surface area contributed by atoms with Gasteiger partial charge < -0.3 is 10.6 Å². The summed E-state index contributed by atoms with van der Waals surface area (Å²) in [5.74, 6) is -2.79. The van der Waals surface area contributed by atoms with E-state index in [0.717, 1.165) is 18.2 Å². The van der Waals surface area contributed by atoms with Gasteiger partial charge in [-0.1, -0.05) is 25.1 Å². The number of likely N-dealkylation sites (N-methyl/N-ethyl adjacent to an activating group) is 1. The van der Waals surface area contributed by atoms with Gasteiger partial charge in [0.05, 0.1) is 30.4 Å². The molecule has 0 fully saturated rings. The number of hydrogen-bond donors (Lipinski definition) is 2. The molecule has 0 aliphatic heterocycles. The van der Waals surface area contributed by atoms with Gasteiger partial charge in [-0.25, -0.2) is 8.78 Å². The standard InChI is InChI=1S/C21H22F5N3O2/c1-3-29(11-19(30)27-13(2)15-9-8-14(22)10-17(15)23)12-20(31)28-18-7-5-4-6-16(18)21(24,25)26/h4-10,13H,3,11-12H2,1-2H3,(H,27,30)(H,28,31). The van der Waals surface area contributed by atoms with Crippen LogP contribution >= 0.6 is 0 Å². The van der Waals surface area contributed by atoms with E-state index in [4.69, 9.17) is 0 Å². The summed E-state index contributed by atoms with van der Waals surface area (Å²) >= 11 is 0. The largest absolute Gasteiger partial charge is 0.418 e. The first-order chi connectivity index (χ1) is 14.5. The zero-order chi connectivity index (χ0) is 23.2. The Balaban J connectivity index is 1.96. The van der Waals surface area contributed by atoms with Gasteiger partial charge in [0.2, 0.25) is 11.8 Å². The molecule has 31 heavy (non-hydrogen) atoms. The van der Waals surface area contributed by atoms with Crippen LogP contribution in [0.3, 0.4) is 0 Å². The summed E-state index contributed by atoms with van der Waals surface area (Å²) in [6.07, 6.45) is -4.63. The van der Waals surface area contributed by atoms with Crippen LogP contribution in [0.1, 0.15) is 31.0 Å². The number of hydrogen-bond acceptors (Lipinski definition) is 3. The first kappa shape index (κ1) is 24.3. The molecule has 0 heterocycles. The minimum atomic E-state index is -4.63. The molecular weight excluding hydrogens is 421 g/mol. The molecule has 10 heteroatoms. The second-order valence-electron chi connectivity index (χ2n) is 6.85. The van der Waals surface area contributed by atoms with Gasteiger partial charge in [0.15, 0.2) is 0 Å². The van der Waals surface area contributed by atoms with Crippen LogP contribution in [0.15, 0.2) is 42.5 Å². The molecule has 0 bridgehead atoms. The van der Waals surface area contributed by atoms with Gasteiger partial charge in [0.25, 0.3) is 0 Å². The number of nitrogens with zero attached hydrogens (tertiary/aromatic N) is 1. The maximum Gasteiger partial charge on any atom is 0.418 e. The molecule has 1 unspecified atom stereocenters. The lowest BCUT2D eigenvalue weighted by Gasteiger charge is -2.22. The lowest BCUT2D eigenvalue weighted by molar-refractivity contribution is -0.137. The summed E-state index contributed by atoms with van der Waals surface area (Å²) in [5.41, 5.74) is -1.25. The SMILES string of the molecule is CCN(CC(=O)Nc1ccccc1C(F)(F)F)CC(=O)NC(C)c1ccc(F)cc1F. The molecule has 0 aromatic heterocycles. The summed E-state index contributed by atoms with van der Waals surface area (Å²) < 4.78 is 66.0. The highest BCUT2D eigenvalue weighted by molar-refractivity contribution is 5.93. The van der Waals surface area contributed by atoms with E-state index in [2.05, 4.69) is 10.6 Å². The van der Waals surface area contributed by atoms with Crippen LogP contribution < -0.4 is 10.6 Å². The summed E-state index contributed by atoms with van der Waals surface area (Å²) in [4.78, 5) is 25.9. The van der Waals surface area contributed by atoms with Crippen LogP contribution in [0, 0.1) is 11.6 Å². The van der Waals surface area contributed by atoms with E-state index in [0.29, 0.717) is 6.07 Å². The topological polar surface area (TPSA) is 61.4 Å². The van der Waals surface area contributed by atoms with Crippen molar-refractivity contribution in [2.45, 2.75) is 26.1 Å². The molecule has 168 valence electrons. The Hall–Kier alpha value is -3.01. The molecule has 0 aliphatic carbocycles. The molecule has 0 radical (unpaired) electrons. The number of nitrogens with one attached hydrogen (secondary N) is 2. The third kappa shape index (κ3) is 7.02. The van der Waals surface area contributed by atoms with Gasteiger partial charge in [0, 0.05) is 11.6 Å². The highest BCUT2D eigenvalue weighted by atomic mass is 19.4. The van der Waals surface area contributed by atoms with Crippen LogP contribution in [-0.2, 0) is 15.8 Å². The van der Waals surface area contributed by atoms with E-state index in [1.54, 1.807) is 6.92 Å². The van der Waals surface area contributed by atoms with Gasteiger partial charge in [-0.05, 0) is 31.7 Å². The normalized spacial score (nSPS) is 12.5. The molecule has 0 spiro atoms. The fourth-order valence-electron chi connectivity index (χ4n) is 2.93. The fraction of sp³-hybridized carbons (Fsp3) is 0.333. The van der Waals surface area contributed by atoms with Crippen LogP contribution in [0.25, 0.3) is 0 Å². The molecule has 2 rings (SSSR count). The number of alkyl halides is 3. The Kier molecular flexibility index (Phi) is 8.09. The summed E-state index contributed by atoms with van der Waals surface area (Å²) in [6.45, 7) is 2.90. The minimum Gasteiger partial charge on any atom is -0.348 e. The van der Waals surface area contributed by atoms with Crippen molar-refractivity contribution in [2.24, 2.45) is 0 Å². The number of benzene rings is 2. The van der Waals surface area contributed by atoms with Gasteiger partial charge in [-0.2, -0.15) is 13.2 Å². The minimum absolute atomic E-state index is 0.0966. The predicted octanol–water partition coefficient (Wildman–Crippen LogP) is 4.12. The average molecular weight is 443 g/mol. The zero-order valence-corrected chi connectivity index (χ0v) is 16.9. The Bertz CT molecular complexity index is 933. The summed E-state index contributed by atoms with van der Waals surface area (Å²) in [5, 5.41) is 4.77. The molecule has 0 saturated heterocycles. The number of para-hydroxylation sites is 1. The van der Waals surface area contributed by atoms with Crippen molar-refractivity contribution in [3.8, 4) is 0 Å². The van der Waals surface area contributed by atoms with E-state index in [-0.39, 0.29) is 30.9 Å². The summed E-state index contributed by atoms with van der Waals surface area (Å²) in [7, 11) is 0. The van der Waals surface area contributed by atoms with Crippen LogP contribution in [0.2, 0.25) is 0 Å². The smallest absolute Gasteiger partial charge is 0.348 e. The monoisotopic (exact) mass is 443 g/mol. The Morgan fingerprint density at radius 3 is 2.29 bits per heavy atom. The number of halogens is 5. The van der Waals surface area contributed by atoms with Gasteiger partial charge in [-0.3, -0.25) is 14.5 Å². The molecule has 5 nitrogen and oxygen atoms in total. The zero-order valence-electron chi connectivity index (χ0n) is 16.9. The van der Waals surface area contributed by atoms with Gasteiger partial charge >= 0.3 is 6.18 Å². The van der Waals surface area contributed by atoms with E-state index < -0.39 is 41.2 Å². The third-order valence-electron chi connectivity index (χ3n) is 4.49. The highest BCUT2D eigenvalue weighted by Crippen LogP contribution is 2.34. The van der Waals surface area contributed by atoms with E-state index in [1.165, 1.54) is 30.0 Å². The average Bonchev–Trinajstić information content (AvgIpc) is 2.66. The lowest BCUT2D eigenvalue weighted by atomic mass is 10.1. The molecular formula is C21H22F5N3O2. The Morgan fingerprint density at radius 1 is 1.03 bits per heavy atom. The Labute approximate surface area is 176 Å². The van der Waals surface area contributed by atoms with Crippen molar-refractivity contribution >= 4 is 17.5 Å². The molecule has 0 saturated carbocycles. The van der Waals surface area contributed by atoms with Crippen molar-refractivity contribution in [3.63, 3.8) is 0 Å². The van der Waals surface area contributed by atoms with Gasteiger partial charge in [-0.15, -0.1) is 0 Å². The highest BCUT2D eigenvalue weighted by Gasteiger charge is 2.33. The number of anilines is 1. The number of carbonyl (C=O) groups is 2. The van der Waals surface area contributed by atoms with Crippen LogP contribution in [-0.4, -0.2) is 36.3 Å². The van der Waals surface area contributed by atoms with Crippen LogP contribution in [0.5, 0.6) is 0 Å². The van der Waals surface area contributed by atoms with Crippen LogP contribution in [0.4, 0.5) is 27.6 Å². The van der Waals surface area contributed by atoms with Crippen molar-refractivity contribution in [1.82, 2.24) is 10.2 Å². The molecule has 0 aliphatic rings. The molecule has 2 aromatic carbocycles. The second-order valence-corrected chi connectivity index (χ2v) is 6.85. The van der Waals surface area contributed by atoms with Gasteiger partial charge in [0.1, 0.15) is 11.6 Å². The number of amides is 2. The molecule has 2 aromatic rings. The van der Waals surface area contributed by atoms with Crippen molar-refractivity contribution < 1.29 is 31.5 Å². The number of rotatable bonds is 8. The maximum absolute atomic E-state index is 13.8. The maximum atomic E-state index is 13.8. The Morgan fingerprint density at radius 2 is 1.68 bits per heavy atom. The van der Waals surface area contributed by atoms with Crippen molar-refractivity contribution in [2.75, 3.05) is 25.0 Å². The summed E-state index contributed by atoms with van der Waals surface area (Å²) in [6, 6.07) is 6.83. The second kappa shape index (κ2) is 10.3. The lowest BCUT2D eigenvalue weighted by Crippen LogP contribution is -2.41. The third-order valence-corrected chi connectivity index (χ3v) is 4.49. The molecule has 2 amide bonds.